The van der Waals surface area contributed by atoms with Gasteiger partial charge in [0.1, 0.15) is 0 Å². The van der Waals surface area contributed by atoms with Crippen LogP contribution >= 0.6 is 22.6 Å². The molecule has 1 aromatic carbocycles. The van der Waals surface area contributed by atoms with E-state index >= 15 is 0 Å². The molecule has 11 heavy (non-hydrogen) atoms. The normalized spacial score (nSPS) is 10.2. The molecule has 1 heteroatoms. The molecular formula is C10H13I. The van der Waals surface area contributed by atoms with Gasteiger partial charge in [-0.05, 0) is 43.0 Å². The first-order valence-electron chi connectivity index (χ1n) is 3.78. The van der Waals surface area contributed by atoms with E-state index in [1.807, 2.05) is 0 Å². The van der Waals surface area contributed by atoms with Crippen LogP contribution < -0.4 is 0 Å². The van der Waals surface area contributed by atoms with Crippen molar-refractivity contribution in [2.24, 2.45) is 0 Å². The Morgan fingerprint density at radius 2 is 1.73 bits per heavy atom. The van der Waals surface area contributed by atoms with Gasteiger partial charge in [-0.25, -0.2) is 0 Å². The van der Waals surface area contributed by atoms with Gasteiger partial charge in [0.15, 0.2) is 0 Å². The maximum atomic E-state index is 2.41. The van der Waals surface area contributed by atoms with Gasteiger partial charge >= 0.3 is 0 Å². The van der Waals surface area contributed by atoms with E-state index in [-0.39, 0.29) is 0 Å². The van der Waals surface area contributed by atoms with Gasteiger partial charge < -0.3 is 0 Å². The van der Waals surface area contributed by atoms with Crippen molar-refractivity contribution in [2.75, 3.05) is 0 Å². The van der Waals surface area contributed by atoms with Crippen LogP contribution in [-0.4, -0.2) is 0 Å². The third-order valence-electron chi connectivity index (χ3n) is 2.31. The molecule has 0 aromatic heterocycles. The number of benzene rings is 1. The largest absolute Gasteiger partial charge is 0.0812 e. The highest BCUT2D eigenvalue weighted by Gasteiger charge is 2.00. The Hall–Kier alpha value is -0.0500. The molecule has 0 nitrogen and oxygen atoms in total. The number of rotatable bonds is 1. The van der Waals surface area contributed by atoms with Gasteiger partial charge in [-0.1, -0.05) is 34.7 Å². The standard InChI is InChI=1S/C10H13I/c1-7-4-5-10(6-11)9(3)8(7)2/h4-5H,6H2,1-3H3. The van der Waals surface area contributed by atoms with Gasteiger partial charge in [-0.15, -0.1) is 0 Å². The van der Waals surface area contributed by atoms with Crippen LogP contribution in [0.3, 0.4) is 0 Å². The molecule has 0 amide bonds. The molecule has 0 aliphatic rings. The van der Waals surface area contributed by atoms with Crippen molar-refractivity contribution in [3.05, 3.63) is 34.4 Å². The van der Waals surface area contributed by atoms with Gasteiger partial charge in [-0.3, -0.25) is 0 Å². The molecule has 1 aromatic rings. The third kappa shape index (κ3) is 1.75. The minimum Gasteiger partial charge on any atom is -0.0812 e. The second kappa shape index (κ2) is 3.57. The van der Waals surface area contributed by atoms with E-state index in [1.54, 1.807) is 0 Å². The lowest BCUT2D eigenvalue weighted by atomic mass is 10.0. The Kier molecular flexibility index (Phi) is 2.93. The van der Waals surface area contributed by atoms with Crippen molar-refractivity contribution in [2.45, 2.75) is 25.2 Å². The average molecular weight is 260 g/mol. The molecule has 0 saturated carbocycles. The number of halogens is 1. The Balaban J connectivity index is 3.25. The van der Waals surface area contributed by atoms with E-state index in [0.717, 1.165) is 4.43 Å². The lowest BCUT2D eigenvalue weighted by Gasteiger charge is -2.08. The lowest BCUT2D eigenvalue weighted by Crippen LogP contribution is -1.91. The van der Waals surface area contributed by atoms with Gasteiger partial charge in [0.2, 0.25) is 0 Å². The summed E-state index contributed by atoms with van der Waals surface area (Å²) in [5.74, 6) is 0. The van der Waals surface area contributed by atoms with Crippen LogP contribution in [-0.2, 0) is 4.43 Å². The minimum atomic E-state index is 1.12. The zero-order valence-corrected chi connectivity index (χ0v) is 9.40. The number of hydrogen-bond acceptors (Lipinski definition) is 0. The van der Waals surface area contributed by atoms with Crippen molar-refractivity contribution in [1.29, 1.82) is 0 Å². The maximum absolute atomic E-state index is 2.41. The molecular weight excluding hydrogens is 247 g/mol. The van der Waals surface area contributed by atoms with Crippen molar-refractivity contribution >= 4 is 22.6 Å². The van der Waals surface area contributed by atoms with Crippen LogP contribution in [0.4, 0.5) is 0 Å². The van der Waals surface area contributed by atoms with Crippen molar-refractivity contribution in [3.8, 4) is 0 Å². The molecule has 0 N–H and O–H groups in total. The van der Waals surface area contributed by atoms with Gasteiger partial charge in [-0.2, -0.15) is 0 Å². The fourth-order valence-electron chi connectivity index (χ4n) is 1.16. The first-order valence-corrected chi connectivity index (χ1v) is 5.31. The SMILES string of the molecule is Cc1ccc(CI)c(C)c1C. The number of aryl methyl sites for hydroxylation is 1. The summed E-state index contributed by atoms with van der Waals surface area (Å²) in [7, 11) is 0. The van der Waals surface area contributed by atoms with E-state index < -0.39 is 0 Å². The van der Waals surface area contributed by atoms with Gasteiger partial charge in [0.05, 0.1) is 0 Å². The molecule has 0 atom stereocenters. The third-order valence-corrected chi connectivity index (χ3v) is 3.14. The molecule has 0 bridgehead atoms. The fourth-order valence-corrected chi connectivity index (χ4v) is 1.98. The Bertz CT molecular complexity index is 264. The van der Waals surface area contributed by atoms with E-state index in [0.29, 0.717) is 0 Å². The van der Waals surface area contributed by atoms with Crippen molar-refractivity contribution < 1.29 is 0 Å². The zero-order valence-electron chi connectivity index (χ0n) is 7.24. The summed E-state index contributed by atoms with van der Waals surface area (Å²) in [5, 5.41) is 0. The van der Waals surface area contributed by atoms with Crippen LogP contribution in [0, 0.1) is 20.8 Å². The summed E-state index contributed by atoms with van der Waals surface area (Å²) >= 11 is 2.41. The molecule has 0 heterocycles. The molecule has 1 rings (SSSR count). The molecule has 0 aliphatic heterocycles. The first kappa shape index (κ1) is 9.04. The summed E-state index contributed by atoms with van der Waals surface area (Å²) in [4.78, 5) is 0. The van der Waals surface area contributed by atoms with Crippen LogP contribution in [0.25, 0.3) is 0 Å². The molecule has 0 unspecified atom stereocenters. The molecule has 0 radical (unpaired) electrons. The van der Waals surface area contributed by atoms with Gasteiger partial charge in [0, 0.05) is 4.43 Å². The Labute approximate surface area is 82.2 Å². The van der Waals surface area contributed by atoms with Crippen LogP contribution in [0.5, 0.6) is 0 Å². The second-order valence-corrected chi connectivity index (χ2v) is 3.69. The van der Waals surface area contributed by atoms with Crippen LogP contribution in [0.1, 0.15) is 22.3 Å². The number of hydrogen-bond donors (Lipinski definition) is 0. The molecule has 0 saturated heterocycles. The smallest absolute Gasteiger partial charge is 0.0249 e. The topological polar surface area (TPSA) is 0 Å². The highest BCUT2D eigenvalue weighted by atomic mass is 127. The van der Waals surface area contributed by atoms with E-state index in [9.17, 15) is 0 Å². The Morgan fingerprint density at radius 1 is 1.09 bits per heavy atom. The fraction of sp³-hybridized carbons (Fsp3) is 0.400. The van der Waals surface area contributed by atoms with Crippen LogP contribution in [0.2, 0.25) is 0 Å². The van der Waals surface area contributed by atoms with E-state index in [1.165, 1.54) is 22.3 Å². The second-order valence-electron chi connectivity index (χ2n) is 2.93. The quantitative estimate of drug-likeness (QED) is 0.535. The predicted octanol–water partition coefficient (Wildman–Crippen LogP) is 3.55. The molecule has 60 valence electrons. The lowest BCUT2D eigenvalue weighted by molar-refractivity contribution is 1.21. The van der Waals surface area contributed by atoms with Crippen molar-refractivity contribution in [1.82, 2.24) is 0 Å². The summed E-state index contributed by atoms with van der Waals surface area (Å²) < 4.78 is 1.12. The van der Waals surface area contributed by atoms with E-state index in [2.05, 4.69) is 55.5 Å². The monoisotopic (exact) mass is 260 g/mol. The highest BCUT2D eigenvalue weighted by Crippen LogP contribution is 2.18. The average Bonchev–Trinajstić information content (AvgIpc) is 2.01. The number of alkyl halides is 1. The first-order chi connectivity index (χ1) is 5.16. The van der Waals surface area contributed by atoms with E-state index in [4.69, 9.17) is 0 Å². The van der Waals surface area contributed by atoms with Crippen molar-refractivity contribution in [3.63, 3.8) is 0 Å². The molecule has 0 spiro atoms. The predicted molar refractivity (Wildman–Crippen MR) is 58.4 cm³/mol. The summed E-state index contributed by atoms with van der Waals surface area (Å²) in [6.45, 7) is 6.57. The van der Waals surface area contributed by atoms with Gasteiger partial charge in [0.25, 0.3) is 0 Å². The van der Waals surface area contributed by atoms with Crippen LogP contribution in [0.15, 0.2) is 12.1 Å². The zero-order chi connectivity index (χ0) is 8.43. The minimum absolute atomic E-state index is 1.12. The summed E-state index contributed by atoms with van der Waals surface area (Å²) in [5.41, 5.74) is 5.77. The Morgan fingerprint density at radius 3 is 2.27 bits per heavy atom. The maximum Gasteiger partial charge on any atom is 0.0249 e. The highest BCUT2D eigenvalue weighted by molar-refractivity contribution is 14.1. The summed E-state index contributed by atoms with van der Waals surface area (Å²) in [6, 6.07) is 4.43. The summed E-state index contributed by atoms with van der Waals surface area (Å²) in [6.07, 6.45) is 0. The molecule has 0 aliphatic carbocycles. The molecule has 0 fully saturated rings.